The molecule has 0 spiro atoms. The van der Waals surface area contributed by atoms with E-state index in [1.54, 1.807) is 0 Å². The Hall–Kier alpha value is -1.39. The van der Waals surface area contributed by atoms with Gasteiger partial charge in [-0.2, -0.15) is 0 Å². The summed E-state index contributed by atoms with van der Waals surface area (Å²) in [5.74, 6) is 0. The second-order valence-electron chi connectivity index (χ2n) is 9.37. The van der Waals surface area contributed by atoms with Crippen LogP contribution in [0.25, 0.3) is 10.8 Å². The van der Waals surface area contributed by atoms with Crippen molar-refractivity contribution < 1.29 is 8.42 Å². The van der Waals surface area contributed by atoms with Crippen LogP contribution in [0, 0.1) is 0 Å². The first kappa shape index (κ1) is 26.9. The zero-order valence-electron chi connectivity index (χ0n) is 20.3. The molecule has 4 heteroatoms. The van der Waals surface area contributed by atoms with Crippen molar-refractivity contribution >= 4 is 20.8 Å². The van der Waals surface area contributed by atoms with E-state index in [0.29, 0.717) is 4.90 Å². The predicted octanol–water partition coefficient (Wildman–Crippen LogP) is 8.29. The van der Waals surface area contributed by atoms with Crippen LogP contribution in [0.15, 0.2) is 41.3 Å². The van der Waals surface area contributed by atoms with E-state index in [4.69, 9.17) is 5.14 Å². The summed E-state index contributed by atoms with van der Waals surface area (Å²) in [6.45, 7) is 2.28. The van der Waals surface area contributed by atoms with E-state index in [0.717, 1.165) is 35.6 Å². The summed E-state index contributed by atoms with van der Waals surface area (Å²) in [6, 6.07) is 11.5. The van der Waals surface area contributed by atoms with Gasteiger partial charge in [0.25, 0.3) is 0 Å². The molecule has 0 aliphatic rings. The highest BCUT2D eigenvalue weighted by atomic mass is 32.2. The van der Waals surface area contributed by atoms with Crippen LogP contribution in [0.2, 0.25) is 0 Å². The molecule has 3 nitrogen and oxygen atoms in total. The van der Waals surface area contributed by atoms with E-state index in [1.165, 1.54) is 89.9 Å². The molecule has 2 aromatic carbocycles. The lowest BCUT2D eigenvalue weighted by atomic mass is 10.0. The molecule has 0 amide bonds. The molecule has 0 saturated carbocycles. The maximum atomic E-state index is 12.2. The van der Waals surface area contributed by atoms with Crippen molar-refractivity contribution in [2.45, 2.75) is 121 Å². The Morgan fingerprint density at radius 1 is 0.625 bits per heavy atom. The fraction of sp³-hybridized carbons (Fsp3) is 0.643. The minimum absolute atomic E-state index is 0.316. The van der Waals surface area contributed by atoms with Crippen molar-refractivity contribution in [3.8, 4) is 0 Å². The molecular formula is C28H45NO2S. The van der Waals surface area contributed by atoms with Crippen molar-refractivity contribution in [2.24, 2.45) is 5.14 Å². The zero-order chi connectivity index (χ0) is 23.1. The average Bonchev–Trinajstić information content (AvgIpc) is 2.77. The maximum Gasteiger partial charge on any atom is 0.238 e. The SMILES string of the molecule is CCCCCCCCCCCCCCCCCCc1ccc2ccccc2c1S(N)(=O)=O. The van der Waals surface area contributed by atoms with Gasteiger partial charge in [-0.15, -0.1) is 0 Å². The highest BCUT2D eigenvalue weighted by molar-refractivity contribution is 7.89. The normalized spacial score (nSPS) is 11.9. The van der Waals surface area contributed by atoms with Crippen LogP contribution in [0.5, 0.6) is 0 Å². The summed E-state index contributed by atoms with van der Waals surface area (Å²) < 4.78 is 24.4. The minimum Gasteiger partial charge on any atom is -0.225 e. The van der Waals surface area contributed by atoms with E-state index < -0.39 is 10.0 Å². The standard InChI is InChI=1S/C28H45NO2S/c1-2-3-4-5-6-7-8-9-10-11-12-13-14-15-16-17-21-26-24-23-25-20-18-19-22-27(25)28(26)32(29,30)31/h18-20,22-24H,2-17,21H2,1H3,(H2,29,30,31). The molecule has 0 unspecified atom stereocenters. The number of sulfonamides is 1. The van der Waals surface area contributed by atoms with E-state index in [9.17, 15) is 8.42 Å². The summed E-state index contributed by atoms with van der Waals surface area (Å²) in [5.41, 5.74) is 0.858. The fourth-order valence-electron chi connectivity index (χ4n) is 4.68. The van der Waals surface area contributed by atoms with E-state index in [2.05, 4.69) is 6.92 Å². The Morgan fingerprint density at radius 2 is 1.09 bits per heavy atom. The first-order valence-electron chi connectivity index (χ1n) is 13.1. The van der Waals surface area contributed by atoms with Gasteiger partial charge in [0, 0.05) is 5.39 Å². The number of nitrogens with two attached hydrogens (primary N) is 1. The smallest absolute Gasteiger partial charge is 0.225 e. The molecule has 0 fully saturated rings. The Kier molecular flexibility index (Phi) is 13.0. The number of primary sulfonamides is 1. The van der Waals surface area contributed by atoms with E-state index in [1.807, 2.05) is 36.4 Å². The second-order valence-corrected chi connectivity index (χ2v) is 10.9. The molecule has 0 atom stereocenters. The number of hydrogen-bond acceptors (Lipinski definition) is 2. The monoisotopic (exact) mass is 459 g/mol. The molecule has 0 aromatic heterocycles. The third-order valence-electron chi connectivity index (χ3n) is 6.55. The first-order valence-corrected chi connectivity index (χ1v) is 14.6. The lowest BCUT2D eigenvalue weighted by Crippen LogP contribution is -2.15. The van der Waals surface area contributed by atoms with Crippen molar-refractivity contribution in [3.63, 3.8) is 0 Å². The van der Waals surface area contributed by atoms with Gasteiger partial charge in [-0.3, -0.25) is 0 Å². The summed E-state index contributed by atoms with van der Waals surface area (Å²) in [6.07, 6.45) is 22.2. The lowest BCUT2D eigenvalue weighted by Gasteiger charge is -2.11. The average molecular weight is 460 g/mol. The minimum atomic E-state index is -3.73. The van der Waals surface area contributed by atoms with E-state index in [-0.39, 0.29) is 0 Å². The molecule has 0 saturated heterocycles. The van der Waals surface area contributed by atoms with Crippen LogP contribution in [0.3, 0.4) is 0 Å². The van der Waals surface area contributed by atoms with Crippen LogP contribution in [-0.4, -0.2) is 8.42 Å². The molecule has 0 radical (unpaired) electrons. The van der Waals surface area contributed by atoms with Crippen LogP contribution in [0.1, 0.15) is 115 Å². The van der Waals surface area contributed by atoms with Crippen molar-refractivity contribution in [2.75, 3.05) is 0 Å². The van der Waals surface area contributed by atoms with Gasteiger partial charge >= 0.3 is 0 Å². The number of unbranched alkanes of at least 4 members (excludes halogenated alkanes) is 15. The highest BCUT2D eigenvalue weighted by Gasteiger charge is 2.17. The number of rotatable bonds is 18. The van der Waals surface area contributed by atoms with Gasteiger partial charge in [-0.1, -0.05) is 140 Å². The predicted molar refractivity (Wildman–Crippen MR) is 139 cm³/mol. The Labute approximate surface area is 197 Å². The Morgan fingerprint density at radius 3 is 1.59 bits per heavy atom. The van der Waals surface area contributed by atoms with E-state index >= 15 is 0 Å². The van der Waals surface area contributed by atoms with Gasteiger partial charge in [0.15, 0.2) is 0 Å². The van der Waals surface area contributed by atoms with Crippen LogP contribution < -0.4 is 5.14 Å². The molecule has 32 heavy (non-hydrogen) atoms. The zero-order valence-corrected chi connectivity index (χ0v) is 21.1. The van der Waals surface area contributed by atoms with Crippen molar-refractivity contribution in [1.29, 1.82) is 0 Å². The second kappa shape index (κ2) is 15.4. The lowest BCUT2D eigenvalue weighted by molar-refractivity contribution is 0.529. The number of aryl methyl sites for hydroxylation is 1. The molecule has 0 heterocycles. The molecule has 0 aliphatic heterocycles. The molecule has 0 aliphatic carbocycles. The van der Waals surface area contributed by atoms with Gasteiger partial charge in [-0.05, 0) is 23.8 Å². The van der Waals surface area contributed by atoms with Crippen LogP contribution >= 0.6 is 0 Å². The van der Waals surface area contributed by atoms with Gasteiger partial charge in [0.1, 0.15) is 0 Å². The number of hydrogen-bond donors (Lipinski definition) is 1. The largest absolute Gasteiger partial charge is 0.238 e. The Balaban J connectivity index is 1.54. The summed E-state index contributed by atoms with van der Waals surface area (Å²) in [7, 11) is -3.73. The Bertz CT molecular complexity index is 876. The summed E-state index contributed by atoms with van der Waals surface area (Å²) in [4.78, 5) is 0.316. The third-order valence-corrected chi connectivity index (χ3v) is 7.60. The van der Waals surface area contributed by atoms with Gasteiger partial charge in [0.05, 0.1) is 4.90 Å². The molecule has 180 valence electrons. The highest BCUT2D eigenvalue weighted by Crippen LogP contribution is 2.27. The molecule has 2 N–H and O–H groups in total. The number of fused-ring (bicyclic) bond motifs is 1. The molecule has 2 rings (SSSR count). The van der Waals surface area contributed by atoms with Crippen molar-refractivity contribution in [3.05, 3.63) is 42.0 Å². The summed E-state index contributed by atoms with van der Waals surface area (Å²) >= 11 is 0. The van der Waals surface area contributed by atoms with Crippen LogP contribution in [0.4, 0.5) is 0 Å². The number of benzene rings is 2. The first-order chi connectivity index (χ1) is 15.5. The van der Waals surface area contributed by atoms with Crippen molar-refractivity contribution in [1.82, 2.24) is 0 Å². The fourth-order valence-corrected chi connectivity index (χ4v) is 5.71. The third kappa shape index (κ3) is 10.0. The van der Waals surface area contributed by atoms with Gasteiger partial charge in [-0.25, -0.2) is 13.6 Å². The quantitative estimate of drug-likeness (QED) is 0.228. The summed E-state index contributed by atoms with van der Waals surface area (Å²) in [5, 5.41) is 7.22. The molecule has 0 bridgehead atoms. The maximum absolute atomic E-state index is 12.2. The topological polar surface area (TPSA) is 60.2 Å². The van der Waals surface area contributed by atoms with Crippen LogP contribution in [-0.2, 0) is 16.4 Å². The van der Waals surface area contributed by atoms with Gasteiger partial charge < -0.3 is 0 Å². The van der Waals surface area contributed by atoms with Gasteiger partial charge in [0.2, 0.25) is 10.0 Å². The molecule has 2 aromatic rings. The molecular weight excluding hydrogens is 414 g/mol.